The zero-order valence-electron chi connectivity index (χ0n) is 80.5. The molecule has 0 unspecified atom stereocenters. The van der Waals surface area contributed by atoms with Crippen LogP contribution in [-0.4, -0.2) is 151 Å². The van der Waals surface area contributed by atoms with Gasteiger partial charge in [-0.05, 0) is 156 Å². The Bertz CT molecular complexity index is 7910. The fourth-order valence-corrected chi connectivity index (χ4v) is 18.2. The molecule has 0 bridgehead atoms. The van der Waals surface area contributed by atoms with Gasteiger partial charge in [-0.15, -0.1) is 0 Å². The van der Waals surface area contributed by atoms with Gasteiger partial charge in [-0.3, -0.25) is 52.1 Å². The fraction of sp³-hybridized carbons (Fsp3) is 0.250. The highest BCUT2D eigenvalue weighted by Crippen LogP contribution is 2.45. The van der Waals surface area contributed by atoms with Crippen molar-refractivity contribution in [2.24, 2.45) is 43.4 Å². The molecule has 1 amide bonds. The van der Waals surface area contributed by atoms with Crippen LogP contribution >= 0.6 is 0 Å². The number of anilines is 9. The summed E-state index contributed by atoms with van der Waals surface area (Å²) >= 11 is 0. The minimum absolute atomic E-state index is 0.0290. The third-order valence-electron chi connectivity index (χ3n) is 25.0. The van der Waals surface area contributed by atoms with Gasteiger partial charge in [0.15, 0.2) is 11.3 Å². The van der Waals surface area contributed by atoms with Gasteiger partial charge >= 0.3 is 17.1 Å². The number of aliphatic imine (C=N–C) groups is 1. The number of hydrogen-bond acceptors (Lipinski definition) is 23. The number of nitrogens with zero attached hydrogens (tertiary/aromatic N) is 27. The summed E-state index contributed by atoms with van der Waals surface area (Å²) in [6.07, 6.45) is 20.0. The second kappa shape index (κ2) is 39.8. The molecule has 22 rings (SSSR count). The predicted octanol–water partition coefficient (Wildman–Crippen LogP) is 13.9. The topological polar surface area (TPSA) is 391 Å². The molecule has 13 heterocycles. The lowest BCUT2D eigenvalue weighted by atomic mass is 9.97. The maximum atomic E-state index is 13.7. The third-order valence-corrected chi connectivity index (χ3v) is 25.0. The number of benzene rings is 8. The predicted molar refractivity (Wildman–Crippen MR) is 547 cm³/mol. The monoisotopic (exact) mass is 1900 g/mol. The summed E-state index contributed by atoms with van der Waals surface area (Å²) in [6.45, 7) is 17.8. The third kappa shape index (κ3) is 19.3. The van der Waals surface area contributed by atoms with Gasteiger partial charge in [0.1, 0.15) is 101 Å². The van der Waals surface area contributed by atoms with Crippen LogP contribution in [0.25, 0.3) is 55.7 Å². The van der Waals surface area contributed by atoms with E-state index in [2.05, 4.69) is 124 Å². The van der Waals surface area contributed by atoms with E-state index >= 15 is 0 Å². The van der Waals surface area contributed by atoms with Gasteiger partial charge in [0.2, 0.25) is 5.96 Å². The van der Waals surface area contributed by atoms with Crippen LogP contribution in [0.1, 0.15) is 100 Å². The molecule has 1 aliphatic carbocycles. The molecule has 38 heteroatoms. The van der Waals surface area contributed by atoms with Gasteiger partial charge in [-0.25, -0.2) is 67.4 Å². The lowest BCUT2D eigenvalue weighted by Gasteiger charge is -2.35. The molecule has 38 nitrogen and oxygen atoms in total. The summed E-state index contributed by atoms with van der Waals surface area (Å²) in [5, 5.41) is 50.5. The van der Waals surface area contributed by atoms with Crippen LogP contribution in [0, 0.1) is 22.7 Å². The molecule has 1 fully saturated rings. The van der Waals surface area contributed by atoms with Crippen LogP contribution in [0.3, 0.4) is 0 Å². The van der Waals surface area contributed by atoms with Crippen LogP contribution in [0.4, 0.5) is 51.7 Å². The second-order valence-corrected chi connectivity index (χ2v) is 37.5. The first kappa shape index (κ1) is 93.3. The van der Waals surface area contributed by atoms with E-state index in [1.807, 2.05) is 243 Å². The van der Waals surface area contributed by atoms with Crippen molar-refractivity contribution in [3.63, 3.8) is 0 Å². The molecule has 8 aromatic carbocycles. The smallest absolute Gasteiger partial charge is 0.332 e. The van der Waals surface area contributed by atoms with E-state index in [0.29, 0.717) is 108 Å². The number of fused-ring (bicyclic) bond motifs is 8. The van der Waals surface area contributed by atoms with E-state index in [-0.39, 0.29) is 62.9 Å². The van der Waals surface area contributed by atoms with E-state index in [1.54, 1.807) is 74.4 Å². The first-order valence-corrected chi connectivity index (χ1v) is 46.9. The molecule has 2 aliphatic heterocycles. The van der Waals surface area contributed by atoms with Gasteiger partial charge in [0.05, 0.1) is 59.1 Å². The number of carbonyl (C=O) groups is 1. The molecular weight excluding hydrogens is 1790 g/mol. The molecule has 3 aliphatic rings. The summed E-state index contributed by atoms with van der Waals surface area (Å²) in [4.78, 5) is 104. The maximum Gasteiger partial charge on any atom is 0.332 e. The number of aromatic nitrogens is 24. The first-order valence-electron chi connectivity index (χ1n) is 46.9. The SMILES string of the molecule is CC(C)Cn1c(=O)n(C)c(=O)c2c(Nc3ccccc3)n(Cc3ccc(-n4cncn4)cc3)cc21.CC(C)Cn1c(=O)n(C)c(=O)c2c(Nc3ccccc3)n(Cc3ccc(-n4cncn4)cc3)nc21.CN1C(=O)c2c(cn(Cc3ccc(-n4cncn4)cc3)c2Nc2ccccc2)N2C1=N[C@@H]1CCC[C@@H]12.Cn1c(=N)c2c(Nc3ccccc3)n(Cc3ccc(-n4cncn4)cc3)nc2n(CC(C)(C)C)c1=O. The average molecular weight is 1900 g/mol. The van der Waals surface area contributed by atoms with Crippen molar-refractivity contribution in [2.45, 2.75) is 126 Å². The number of amides is 1. The summed E-state index contributed by atoms with van der Waals surface area (Å²) in [5.74, 6) is 3.87. The molecule has 0 saturated heterocycles. The molecule has 1 saturated carbocycles. The largest absolute Gasteiger partial charge is 0.341 e. The number of carbonyl (C=O) groups excluding carboxylic acids is 1. The second-order valence-electron chi connectivity index (χ2n) is 37.5. The van der Waals surface area contributed by atoms with Gasteiger partial charge in [0, 0.05) is 96.1 Å². The average Bonchev–Trinajstić information content (AvgIpc) is 1.55. The van der Waals surface area contributed by atoms with Gasteiger partial charge < -0.3 is 35.3 Å². The van der Waals surface area contributed by atoms with Crippen LogP contribution < -0.4 is 59.8 Å². The fourth-order valence-electron chi connectivity index (χ4n) is 18.2. The van der Waals surface area contributed by atoms with Crippen molar-refractivity contribution in [3.05, 3.63) is 367 Å². The number of rotatable bonds is 25. The molecule has 11 aromatic heterocycles. The van der Waals surface area contributed by atoms with Gasteiger partial charge in [-0.2, -0.15) is 30.6 Å². The Labute approximate surface area is 814 Å². The number of nitrogens with one attached hydrogen (secondary N) is 5. The van der Waals surface area contributed by atoms with Crippen molar-refractivity contribution in [1.82, 2.24) is 120 Å². The van der Waals surface area contributed by atoms with E-state index < -0.39 is 0 Å². The van der Waals surface area contributed by atoms with Crippen LogP contribution in [0.15, 0.2) is 310 Å². The van der Waals surface area contributed by atoms with E-state index in [9.17, 15) is 28.8 Å². The van der Waals surface area contributed by atoms with Crippen LogP contribution in [0.2, 0.25) is 0 Å². The summed E-state index contributed by atoms with van der Waals surface area (Å²) in [7, 11) is 6.52. The Morgan fingerprint density at radius 1 is 0.408 bits per heavy atom. The lowest BCUT2D eigenvalue weighted by Crippen LogP contribution is -2.51. The Balaban J connectivity index is 0.000000120. The van der Waals surface area contributed by atoms with E-state index in [4.69, 9.17) is 20.6 Å². The van der Waals surface area contributed by atoms with Crippen molar-refractivity contribution in [2.75, 3.05) is 33.2 Å². The van der Waals surface area contributed by atoms with E-state index in [1.165, 1.54) is 55.0 Å². The quantitative estimate of drug-likeness (QED) is 0.0355. The van der Waals surface area contributed by atoms with Crippen LogP contribution in [0.5, 0.6) is 0 Å². The Kier molecular flexibility index (Phi) is 26.1. The number of hydrogen-bond donors (Lipinski definition) is 5. The molecule has 2 atom stereocenters. The van der Waals surface area contributed by atoms with Crippen molar-refractivity contribution in [3.8, 4) is 22.7 Å². The van der Waals surface area contributed by atoms with Crippen molar-refractivity contribution < 1.29 is 4.79 Å². The lowest BCUT2D eigenvalue weighted by molar-refractivity contribution is 0.0866. The zero-order valence-corrected chi connectivity index (χ0v) is 80.5. The Morgan fingerprint density at radius 2 is 0.782 bits per heavy atom. The molecule has 0 radical (unpaired) electrons. The molecule has 19 aromatic rings. The Hall–Kier alpha value is -17.7. The normalized spacial score (nSPS) is 13.8. The molecular formula is C104H108N32O6. The standard InChI is InChI=1S/C27H26N8O.C26H29N9O.C26H27N7O2.C25H26N8O2/c1-32-26(36)24-23(35-22-9-5-8-21(22)31-27(32)35)15-33(25(24)30-19-6-3-2-4-7-19)14-18-10-12-20(13-11-18)34-17-28-16-29-34;1-26(2,3)15-33-24-21(22(27)32(4)25(33)36)23(30-19-8-6-5-7-9-19)34(31-24)14-18-10-12-20(13-11-18)35-17-28-16-29-35;1-18(2)13-32-22-15-31(14-19-9-11-21(12-10-19)33-17-27-16-28-33)24(29-20-7-5-4-6-8-20)23(22)25(34)30(3)26(32)35;1-17(2)13-31-23-21(24(34)30(3)25(31)35)22(28-19-7-5-4-6-8-19)32(29-23)14-18-9-11-20(12-10-18)33-16-26-15-27-33/h2-4,6-7,10-13,15-17,21-22,30H,5,8-9,14H2,1H3;5-13,16-17,27,30H,14-15H2,1-4H3;4-12,15-18,29H,13-14H2,1-3H3;4-12,15-17,28H,13-14H2,1-3H3/t21-,22+;;;/m1.../s1. The van der Waals surface area contributed by atoms with Crippen LogP contribution in [-0.2, 0) is 67.0 Å². The minimum Gasteiger partial charge on any atom is -0.341 e. The minimum atomic E-state index is -0.379. The van der Waals surface area contributed by atoms with Gasteiger partial charge in [0.25, 0.3) is 17.0 Å². The highest BCUT2D eigenvalue weighted by atomic mass is 16.2. The summed E-state index contributed by atoms with van der Waals surface area (Å²) in [6, 6.07) is 71.8. The highest BCUT2D eigenvalue weighted by Gasteiger charge is 2.49. The van der Waals surface area contributed by atoms with Crippen molar-refractivity contribution in [1.29, 1.82) is 5.41 Å². The summed E-state index contributed by atoms with van der Waals surface area (Å²) < 4.78 is 23.2. The molecule has 5 N–H and O–H groups in total. The number of para-hydroxylation sites is 4. The first-order chi connectivity index (χ1) is 68.7. The van der Waals surface area contributed by atoms with Gasteiger partial charge in [-0.1, -0.05) is 170 Å². The molecule has 142 heavy (non-hydrogen) atoms. The highest BCUT2D eigenvalue weighted by molar-refractivity contribution is 6.22. The molecule has 0 spiro atoms. The van der Waals surface area contributed by atoms with E-state index in [0.717, 1.165) is 103 Å². The molecule has 720 valence electrons. The maximum absolute atomic E-state index is 13.7. The zero-order chi connectivity index (χ0) is 98.7. The number of guanidine groups is 1. The Morgan fingerprint density at radius 3 is 1.20 bits per heavy atom. The van der Waals surface area contributed by atoms with Crippen molar-refractivity contribution >= 4 is 96.5 Å². The summed E-state index contributed by atoms with van der Waals surface area (Å²) in [5.41, 5.74) is 12.8.